The molecule has 2 aromatic carbocycles. The van der Waals surface area contributed by atoms with Crippen molar-refractivity contribution in [2.75, 3.05) is 16.4 Å². The fraction of sp³-hybridized carbons (Fsp3) is 0.278. The SMILES string of the molecule is Cc1ccc(F)c(Nc2cc(NC(=O)OC(C)(C)C)ccc2N)c1. The number of benzene rings is 2. The number of halogens is 1. The number of aryl methyl sites for hydroxylation is 1. The normalized spacial score (nSPS) is 11.0. The molecule has 0 spiro atoms. The van der Waals surface area contributed by atoms with Gasteiger partial charge in [-0.25, -0.2) is 9.18 Å². The molecule has 128 valence electrons. The summed E-state index contributed by atoms with van der Waals surface area (Å²) in [7, 11) is 0. The molecule has 6 heteroatoms. The van der Waals surface area contributed by atoms with Gasteiger partial charge in [-0.05, 0) is 63.6 Å². The third-order valence-corrected chi connectivity index (χ3v) is 3.09. The van der Waals surface area contributed by atoms with Crippen LogP contribution in [0.25, 0.3) is 0 Å². The number of amides is 1. The van der Waals surface area contributed by atoms with E-state index >= 15 is 0 Å². The smallest absolute Gasteiger partial charge is 0.412 e. The number of nitrogen functional groups attached to an aromatic ring is 1. The fourth-order valence-electron chi connectivity index (χ4n) is 2.04. The average molecular weight is 331 g/mol. The van der Waals surface area contributed by atoms with Gasteiger partial charge in [-0.3, -0.25) is 5.32 Å². The second-order valence-corrected chi connectivity index (χ2v) is 6.54. The number of rotatable bonds is 3. The van der Waals surface area contributed by atoms with Gasteiger partial charge in [-0.15, -0.1) is 0 Å². The summed E-state index contributed by atoms with van der Waals surface area (Å²) in [4.78, 5) is 11.8. The van der Waals surface area contributed by atoms with Crippen molar-refractivity contribution >= 4 is 28.8 Å². The molecule has 2 rings (SSSR count). The molecule has 1 amide bonds. The summed E-state index contributed by atoms with van der Waals surface area (Å²) in [5.74, 6) is -0.384. The van der Waals surface area contributed by atoms with E-state index in [-0.39, 0.29) is 5.82 Å². The number of hydrogen-bond donors (Lipinski definition) is 3. The van der Waals surface area contributed by atoms with Crippen LogP contribution in [0, 0.1) is 12.7 Å². The quantitative estimate of drug-likeness (QED) is 0.706. The van der Waals surface area contributed by atoms with E-state index in [2.05, 4.69) is 10.6 Å². The van der Waals surface area contributed by atoms with Gasteiger partial charge in [0.1, 0.15) is 11.4 Å². The van der Waals surface area contributed by atoms with E-state index in [1.54, 1.807) is 51.1 Å². The van der Waals surface area contributed by atoms with E-state index in [9.17, 15) is 9.18 Å². The predicted octanol–water partition coefficient (Wildman–Crippen LogP) is 4.81. The van der Waals surface area contributed by atoms with Crippen molar-refractivity contribution < 1.29 is 13.9 Å². The van der Waals surface area contributed by atoms with Gasteiger partial charge in [0.15, 0.2) is 0 Å². The van der Waals surface area contributed by atoms with E-state index in [1.807, 2.05) is 6.92 Å². The minimum atomic E-state index is -0.594. The van der Waals surface area contributed by atoms with Crippen LogP contribution >= 0.6 is 0 Å². The Morgan fingerprint density at radius 2 is 1.83 bits per heavy atom. The molecule has 0 bridgehead atoms. The lowest BCUT2D eigenvalue weighted by atomic mass is 10.2. The van der Waals surface area contributed by atoms with Crippen LogP contribution < -0.4 is 16.4 Å². The third kappa shape index (κ3) is 4.87. The van der Waals surface area contributed by atoms with Gasteiger partial charge >= 0.3 is 6.09 Å². The van der Waals surface area contributed by atoms with Crippen LogP contribution in [0.2, 0.25) is 0 Å². The van der Waals surface area contributed by atoms with Crippen LogP contribution in [-0.4, -0.2) is 11.7 Å². The molecule has 0 aliphatic carbocycles. The molecule has 0 fully saturated rings. The highest BCUT2D eigenvalue weighted by Crippen LogP contribution is 2.28. The summed E-state index contributed by atoms with van der Waals surface area (Å²) in [6, 6.07) is 9.66. The Morgan fingerprint density at radius 1 is 1.12 bits per heavy atom. The lowest BCUT2D eigenvalue weighted by Gasteiger charge is -2.20. The maximum atomic E-state index is 13.9. The molecule has 0 aromatic heterocycles. The van der Waals surface area contributed by atoms with E-state index in [4.69, 9.17) is 10.5 Å². The molecule has 5 nitrogen and oxygen atoms in total. The number of ether oxygens (including phenoxy) is 1. The average Bonchev–Trinajstić information content (AvgIpc) is 2.44. The number of nitrogens with one attached hydrogen (secondary N) is 2. The van der Waals surface area contributed by atoms with Crippen molar-refractivity contribution in [3.63, 3.8) is 0 Å². The molecule has 0 heterocycles. The van der Waals surface area contributed by atoms with Gasteiger partial charge in [0, 0.05) is 5.69 Å². The first-order valence-electron chi connectivity index (χ1n) is 7.57. The van der Waals surface area contributed by atoms with E-state index in [0.717, 1.165) is 5.56 Å². The van der Waals surface area contributed by atoms with Gasteiger partial charge < -0.3 is 15.8 Å². The molecule has 0 unspecified atom stereocenters. The molecule has 24 heavy (non-hydrogen) atoms. The van der Waals surface area contributed by atoms with Crippen molar-refractivity contribution in [1.29, 1.82) is 0 Å². The van der Waals surface area contributed by atoms with Crippen molar-refractivity contribution in [1.82, 2.24) is 0 Å². The van der Waals surface area contributed by atoms with Crippen molar-refractivity contribution in [3.05, 3.63) is 47.8 Å². The van der Waals surface area contributed by atoms with Gasteiger partial charge in [0.25, 0.3) is 0 Å². The van der Waals surface area contributed by atoms with E-state index in [0.29, 0.717) is 22.7 Å². The molecule has 0 aliphatic heterocycles. The summed E-state index contributed by atoms with van der Waals surface area (Å²) in [6.45, 7) is 7.21. The molecule has 0 saturated carbocycles. The minimum absolute atomic E-state index is 0.316. The number of nitrogens with two attached hydrogens (primary N) is 1. The monoisotopic (exact) mass is 331 g/mol. The lowest BCUT2D eigenvalue weighted by molar-refractivity contribution is 0.0636. The number of carbonyl (C=O) groups is 1. The van der Waals surface area contributed by atoms with E-state index < -0.39 is 11.7 Å². The molecule has 0 radical (unpaired) electrons. The van der Waals surface area contributed by atoms with Crippen LogP contribution in [0.5, 0.6) is 0 Å². The second-order valence-electron chi connectivity index (χ2n) is 6.54. The topological polar surface area (TPSA) is 76.4 Å². The van der Waals surface area contributed by atoms with Crippen LogP contribution in [0.1, 0.15) is 26.3 Å². The zero-order chi connectivity index (χ0) is 17.9. The molecule has 0 atom stereocenters. The summed E-state index contributed by atoms with van der Waals surface area (Å²) < 4.78 is 19.1. The Balaban J connectivity index is 2.19. The summed E-state index contributed by atoms with van der Waals surface area (Å²) in [6.07, 6.45) is -0.569. The summed E-state index contributed by atoms with van der Waals surface area (Å²) in [5, 5.41) is 5.58. The molecular weight excluding hydrogens is 309 g/mol. The summed E-state index contributed by atoms with van der Waals surface area (Å²) >= 11 is 0. The zero-order valence-electron chi connectivity index (χ0n) is 14.2. The highest BCUT2D eigenvalue weighted by Gasteiger charge is 2.16. The molecule has 0 aliphatic rings. The highest BCUT2D eigenvalue weighted by atomic mass is 19.1. The van der Waals surface area contributed by atoms with Crippen LogP contribution in [0.3, 0.4) is 0 Å². The number of carbonyl (C=O) groups excluding carboxylic acids is 1. The third-order valence-electron chi connectivity index (χ3n) is 3.09. The van der Waals surface area contributed by atoms with Crippen molar-refractivity contribution in [2.24, 2.45) is 0 Å². The first kappa shape index (κ1) is 17.6. The Kier molecular flexibility index (Phi) is 4.97. The van der Waals surface area contributed by atoms with Gasteiger partial charge in [-0.2, -0.15) is 0 Å². The highest BCUT2D eigenvalue weighted by molar-refractivity contribution is 5.87. The zero-order valence-corrected chi connectivity index (χ0v) is 14.2. The Hall–Kier alpha value is -2.76. The first-order chi connectivity index (χ1) is 11.1. The Bertz CT molecular complexity index is 754. The standard InChI is InChI=1S/C18H22FN3O2/c1-11-5-7-13(19)15(9-11)22-16-10-12(6-8-14(16)20)21-17(23)24-18(2,3)4/h5-10,22H,20H2,1-4H3,(H,21,23). The number of hydrogen-bond acceptors (Lipinski definition) is 4. The van der Waals surface area contributed by atoms with Gasteiger partial charge in [0.2, 0.25) is 0 Å². The van der Waals surface area contributed by atoms with Crippen molar-refractivity contribution in [3.8, 4) is 0 Å². The maximum Gasteiger partial charge on any atom is 0.412 e. The van der Waals surface area contributed by atoms with Gasteiger partial charge in [0.05, 0.1) is 17.1 Å². The Morgan fingerprint density at radius 3 is 2.50 bits per heavy atom. The lowest BCUT2D eigenvalue weighted by Crippen LogP contribution is -2.27. The van der Waals surface area contributed by atoms with Crippen LogP contribution in [-0.2, 0) is 4.74 Å². The Labute approximate surface area is 141 Å². The summed E-state index contributed by atoms with van der Waals surface area (Å²) in [5.41, 5.74) is 7.99. The largest absolute Gasteiger partial charge is 0.444 e. The molecule has 2 aromatic rings. The van der Waals surface area contributed by atoms with E-state index in [1.165, 1.54) is 6.07 Å². The predicted molar refractivity (Wildman–Crippen MR) is 95.1 cm³/mol. The minimum Gasteiger partial charge on any atom is -0.444 e. The molecular formula is C18H22FN3O2. The maximum absolute atomic E-state index is 13.9. The first-order valence-corrected chi connectivity index (χ1v) is 7.57. The van der Waals surface area contributed by atoms with Crippen LogP contribution in [0.15, 0.2) is 36.4 Å². The van der Waals surface area contributed by atoms with Gasteiger partial charge in [-0.1, -0.05) is 6.07 Å². The molecule has 0 saturated heterocycles. The second kappa shape index (κ2) is 6.78. The number of anilines is 4. The molecule has 4 N–H and O–H groups in total. The fourth-order valence-corrected chi connectivity index (χ4v) is 2.04. The van der Waals surface area contributed by atoms with Crippen LogP contribution in [0.4, 0.5) is 31.9 Å². The van der Waals surface area contributed by atoms with Crippen molar-refractivity contribution in [2.45, 2.75) is 33.3 Å².